The normalized spacial score (nSPS) is 20.7. The Kier molecular flexibility index (Phi) is 4.92. The summed E-state index contributed by atoms with van der Waals surface area (Å²) >= 11 is 0. The lowest BCUT2D eigenvalue weighted by Crippen LogP contribution is -2.46. The van der Waals surface area contributed by atoms with E-state index < -0.39 is 5.60 Å². The summed E-state index contributed by atoms with van der Waals surface area (Å²) in [4.78, 5) is 4.74. The molecule has 0 atom stereocenters. The number of hydrogen-bond donors (Lipinski definition) is 2. The topological polar surface area (TPSA) is 62.0 Å². The van der Waals surface area contributed by atoms with Gasteiger partial charge >= 0.3 is 0 Å². The van der Waals surface area contributed by atoms with E-state index >= 15 is 0 Å². The van der Waals surface area contributed by atoms with Gasteiger partial charge in [0.05, 0.1) is 17.4 Å². The van der Waals surface area contributed by atoms with Crippen LogP contribution in [-0.2, 0) is 0 Å². The van der Waals surface area contributed by atoms with Crippen LogP contribution in [0.4, 0.5) is 11.4 Å². The summed E-state index contributed by atoms with van der Waals surface area (Å²) in [6.07, 6.45) is 4.26. The number of likely N-dealkylation sites (N-methyl/N-ethyl adjacent to an activating group) is 1. The van der Waals surface area contributed by atoms with Crippen molar-refractivity contribution in [2.75, 3.05) is 37.3 Å². The van der Waals surface area contributed by atoms with Crippen molar-refractivity contribution in [3.63, 3.8) is 0 Å². The Morgan fingerprint density at radius 2 is 2.00 bits per heavy atom. The second-order valence-corrected chi connectivity index (χ2v) is 7.75. The Morgan fingerprint density at radius 3 is 2.58 bits per heavy atom. The minimum absolute atomic E-state index is 0.133. The second-order valence-electron chi connectivity index (χ2n) is 7.75. The first-order valence-corrected chi connectivity index (χ1v) is 9.10. The number of ether oxygens (including phenoxy) is 1. The van der Waals surface area contributed by atoms with Crippen molar-refractivity contribution in [1.29, 1.82) is 0 Å². The molecular formula is C19H31N3O2. The zero-order chi connectivity index (χ0) is 17.3. The SMILES string of the molecule is CC(C)Oc1cc(N)ccc1N1CCC(N(C)CC2(O)CC2)CC1. The Bertz CT molecular complexity index is 564. The van der Waals surface area contributed by atoms with Crippen LogP contribution in [0.25, 0.3) is 0 Å². The van der Waals surface area contributed by atoms with Crippen LogP contribution in [0, 0.1) is 0 Å². The number of hydrogen-bond acceptors (Lipinski definition) is 5. The molecule has 0 unspecified atom stereocenters. The van der Waals surface area contributed by atoms with Crippen molar-refractivity contribution in [3.8, 4) is 5.75 Å². The number of benzene rings is 1. The molecule has 2 aliphatic rings. The number of nitrogen functional groups attached to an aromatic ring is 1. The lowest BCUT2D eigenvalue weighted by atomic mass is 10.0. The van der Waals surface area contributed by atoms with Gasteiger partial charge in [-0.1, -0.05) is 0 Å². The molecule has 1 saturated heterocycles. The van der Waals surface area contributed by atoms with Gasteiger partial charge in [0.2, 0.25) is 0 Å². The van der Waals surface area contributed by atoms with Crippen LogP contribution < -0.4 is 15.4 Å². The Hall–Kier alpha value is -1.46. The van der Waals surface area contributed by atoms with Gasteiger partial charge in [-0.2, -0.15) is 0 Å². The van der Waals surface area contributed by atoms with Gasteiger partial charge in [0.25, 0.3) is 0 Å². The molecule has 1 aliphatic heterocycles. The molecule has 1 aromatic rings. The molecule has 0 spiro atoms. The summed E-state index contributed by atoms with van der Waals surface area (Å²) in [5, 5.41) is 10.1. The third-order valence-corrected chi connectivity index (χ3v) is 5.15. The molecule has 1 aliphatic carbocycles. The molecule has 5 heteroatoms. The van der Waals surface area contributed by atoms with Crippen molar-refractivity contribution in [1.82, 2.24) is 4.90 Å². The third-order valence-electron chi connectivity index (χ3n) is 5.15. The highest BCUT2D eigenvalue weighted by atomic mass is 16.5. The van der Waals surface area contributed by atoms with Crippen molar-refractivity contribution < 1.29 is 9.84 Å². The van der Waals surface area contributed by atoms with Gasteiger partial charge in [-0.15, -0.1) is 0 Å². The average Bonchev–Trinajstić information content (AvgIpc) is 3.24. The molecule has 2 fully saturated rings. The quantitative estimate of drug-likeness (QED) is 0.783. The van der Waals surface area contributed by atoms with Crippen molar-refractivity contribution in [2.24, 2.45) is 0 Å². The van der Waals surface area contributed by atoms with Crippen LogP contribution in [0.3, 0.4) is 0 Å². The van der Waals surface area contributed by atoms with Gasteiger partial charge in [0.15, 0.2) is 0 Å². The molecule has 1 saturated carbocycles. The Balaban J connectivity index is 1.62. The maximum absolute atomic E-state index is 10.1. The number of anilines is 2. The van der Waals surface area contributed by atoms with Gasteiger partial charge in [-0.25, -0.2) is 0 Å². The number of nitrogens with two attached hydrogens (primary N) is 1. The monoisotopic (exact) mass is 333 g/mol. The first-order chi connectivity index (χ1) is 11.4. The molecule has 1 aromatic carbocycles. The molecule has 1 heterocycles. The van der Waals surface area contributed by atoms with E-state index in [0.717, 1.165) is 62.4 Å². The Morgan fingerprint density at radius 1 is 1.33 bits per heavy atom. The number of rotatable bonds is 6. The highest BCUT2D eigenvalue weighted by Gasteiger charge is 2.42. The smallest absolute Gasteiger partial charge is 0.145 e. The van der Waals surface area contributed by atoms with E-state index in [0.29, 0.717) is 6.04 Å². The maximum Gasteiger partial charge on any atom is 0.145 e. The van der Waals surface area contributed by atoms with E-state index in [-0.39, 0.29) is 6.10 Å². The van der Waals surface area contributed by atoms with E-state index in [1.54, 1.807) is 0 Å². The fraction of sp³-hybridized carbons (Fsp3) is 0.684. The van der Waals surface area contributed by atoms with Gasteiger partial charge in [0.1, 0.15) is 5.75 Å². The van der Waals surface area contributed by atoms with Crippen LogP contribution in [0.1, 0.15) is 39.5 Å². The fourth-order valence-corrected chi connectivity index (χ4v) is 3.58. The lowest BCUT2D eigenvalue weighted by molar-refractivity contribution is 0.0776. The fourth-order valence-electron chi connectivity index (χ4n) is 3.58. The predicted octanol–water partition coefficient (Wildman–Crippen LogP) is 2.48. The molecular weight excluding hydrogens is 302 g/mol. The summed E-state index contributed by atoms with van der Waals surface area (Å²) in [6.45, 7) is 6.90. The van der Waals surface area contributed by atoms with Crippen LogP contribution in [0.5, 0.6) is 5.75 Å². The third kappa shape index (κ3) is 4.14. The van der Waals surface area contributed by atoms with Gasteiger partial charge < -0.3 is 25.4 Å². The minimum atomic E-state index is -0.402. The van der Waals surface area contributed by atoms with Crippen LogP contribution in [0.15, 0.2) is 18.2 Å². The van der Waals surface area contributed by atoms with Crippen molar-refractivity contribution in [2.45, 2.75) is 57.3 Å². The molecule has 0 bridgehead atoms. The largest absolute Gasteiger partial charge is 0.489 e. The zero-order valence-corrected chi connectivity index (χ0v) is 15.2. The van der Waals surface area contributed by atoms with E-state index in [1.165, 1.54) is 0 Å². The number of nitrogens with zero attached hydrogens (tertiary/aromatic N) is 2. The van der Waals surface area contributed by atoms with E-state index in [4.69, 9.17) is 10.5 Å². The molecule has 0 amide bonds. The van der Waals surface area contributed by atoms with Gasteiger partial charge in [-0.3, -0.25) is 0 Å². The first-order valence-electron chi connectivity index (χ1n) is 9.10. The van der Waals surface area contributed by atoms with E-state index in [1.807, 2.05) is 26.0 Å². The first kappa shape index (κ1) is 17.4. The summed E-state index contributed by atoms with van der Waals surface area (Å²) in [5.74, 6) is 0.879. The second kappa shape index (κ2) is 6.81. The van der Waals surface area contributed by atoms with E-state index in [9.17, 15) is 5.11 Å². The van der Waals surface area contributed by atoms with Crippen LogP contribution >= 0.6 is 0 Å². The molecule has 0 aromatic heterocycles. The molecule has 134 valence electrons. The van der Waals surface area contributed by atoms with Crippen LogP contribution in [-0.4, -0.2) is 54.4 Å². The van der Waals surface area contributed by atoms with Crippen LogP contribution in [0.2, 0.25) is 0 Å². The van der Waals surface area contributed by atoms with Gasteiger partial charge in [-0.05, 0) is 58.7 Å². The predicted molar refractivity (Wildman–Crippen MR) is 98.7 cm³/mol. The highest BCUT2D eigenvalue weighted by Crippen LogP contribution is 2.37. The van der Waals surface area contributed by atoms with E-state index in [2.05, 4.69) is 22.9 Å². The molecule has 0 radical (unpaired) electrons. The minimum Gasteiger partial charge on any atom is -0.489 e. The lowest BCUT2D eigenvalue weighted by Gasteiger charge is -2.39. The highest BCUT2D eigenvalue weighted by molar-refractivity contribution is 5.64. The average molecular weight is 333 g/mol. The summed E-state index contributed by atoms with van der Waals surface area (Å²) in [7, 11) is 2.15. The molecule has 24 heavy (non-hydrogen) atoms. The summed E-state index contributed by atoms with van der Waals surface area (Å²) in [6, 6.07) is 6.50. The van der Waals surface area contributed by atoms with Crippen molar-refractivity contribution >= 4 is 11.4 Å². The number of aliphatic hydroxyl groups is 1. The van der Waals surface area contributed by atoms with Gasteiger partial charge in [0, 0.05) is 37.4 Å². The van der Waals surface area contributed by atoms with Crippen molar-refractivity contribution in [3.05, 3.63) is 18.2 Å². The number of piperidine rings is 1. The summed E-state index contributed by atoms with van der Waals surface area (Å²) < 4.78 is 5.96. The Labute approximate surface area is 145 Å². The molecule has 3 N–H and O–H groups in total. The standard InChI is InChI=1S/C19H31N3O2/c1-14(2)24-18-12-15(20)4-5-17(18)22-10-6-16(7-11-22)21(3)13-19(23)8-9-19/h4-5,12,14,16,23H,6-11,13,20H2,1-3H3. The molecule has 3 rings (SSSR count). The molecule has 5 nitrogen and oxygen atoms in total. The maximum atomic E-state index is 10.1. The summed E-state index contributed by atoms with van der Waals surface area (Å²) in [5.41, 5.74) is 7.41. The zero-order valence-electron chi connectivity index (χ0n) is 15.2.